The SMILES string of the molecule is Cc1ccc(N)c(C)c1S(=O)(=O)N1CCC(C)CC1C. The van der Waals surface area contributed by atoms with Crippen LogP contribution < -0.4 is 5.73 Å². The summed E-state index contributed by atoms with van der Waals surface area (Å²) in [5, 5.41) is 0. The van der Waals surface area contributed by atoms with E-state index in [1.807, 2.05) is 13.8 Å². The molecule has 1 heterocycles. The Morgan fingerprint density at radius 2 is 1.90 bits per heavy atom. The number of nitrogen functional groups attached to an aromatic ring is 1. The van der Waals surface area contributed by atoms with Gasteiger partial charge in [0.15, 0.2) is 0 Å². The Kier molecular flexibility index (Phi) is 4.12. The van der Waals surface area contributed by atoms with Crippen LogP contribution >= 0.6 is 0 Å². The molecule has 0 saturated carbocycles. The molecule has 0 spiro atoms. The van der Waals surface area contributed by atoms with Crippen molar-refractivity contribution in [3.05, 3.63) is 23.3 Å². The van der Waals surface area contributed by atoms with Gasteiger partial charge in [-0.1, -0.05) is 13.0 Å². The van der Waals surface area contributed by atoms with Crippen molar-refractivity contribution < 1.29 is 8.42 Å². The van der Waals surface area contributed by atoms with Gasteiger partial charge >= 0.3 is 0 Å². The average molecular weight is 296 g/mol. The predicted octanol–water partition coefficient (Wildman–Crippen LogP) is 2.69. The molecule has 2 unspecified atom stereocenters. The Labute approximate surface area is 122 Å². The monoisotopic (exact) mass is 296 g/mol. The molecule has 1 aromatic carbocycles. The van der Waals surface area contributed by atoms with Crippen LogP contribution in [0.4, 0.5) is 5.69 Å². The molecule has 2 rings (SSSR count). The molecule has 0 bridgehead atoms. The average Bonchev–Trinajstić information content (AvgIpc) is 2.33. The minimum atomic E-state index is -3.47. The van der Waals surface area contributed by atoms with Crippen LogP contribution in [-0.2, 0) is 10.0 Å². The third-order valence-corrected chi connectivity index (χ3v) is 6.59. The van der Waals surface area contributed by atoms with Crippen LogP contribution in [0.5, 0.6) is 0 Å². The minimum Gasteiger partial charge on any atom is -0.398 e. The van der Waals surface area contributed by atoms with Gasteiger partial charge < -0.3 is 5.73 Å². The Morgan fingerprint density at radius 1 is 1.25 bits per heavy atom. The summed E-state index contributed by atoms with van der Waals surface area (Å²) in [4.78, 5) is 0.388. The van der Waals surface area contributed by atoms with E-state index >= 15 is 0 Å². The van der Waals surface area contributed by atoms with E-state index in [-0.39, 0.29) is 6.04 Å². The second-order valence-electron chi connectivity index (χ2n) is 6.02. The summed E-state index contributed by atoms with van der Waals surface area (Å²) in [6, 6.07) is 3.60. The molecule has 1 aliphatic heterocycles. The molecule has 20 heavy (non-hydrogen) atoms. The first-order valence-corrected chi connectivity index (χ1v) is 8.56. The van der Waals surface area contributed by atoms with Crippen LogP contribution in [0.1, 0.15) is 37.8 Å². The number of anilines is 1. The lowest BCUT2D eigenvalue weighted by Gasteiger charge is -2.36. The summed E-state index contributed by atoms with van der Waals surface area (Å²) in [6.07, 6.45) is 1.84. The van der Waals surface area contributed by atoms with E-state index in [2.05, 4.69) is 6.92 Å². The number of nitrogens with two attached hydrogens (primary N) is 1. The first-order chi connectivity index (χ1) is 9.25. The number of benzene rings is 1. The van der Waals surface area contributed by atoms with E-state index in [4.69, 9.17) is 5.73 Å². The molecule has 0 aromatic heterocycles. The molecule has 2 N–H and O–H groups in total. The van der Waals surface area contributed by atoms with Crippen LogP contribution in [0.25, 0.3) is 0 Å². The molecule has 1 fully saturated rings. The summed E-state index contributed by atoms with van der Waals surface area (Å²) in [5.74, 6) is 0.583. The number of hydrogen-bond acceptors (Lipinski definition) is 3. The molecule has 1 aliphatic rings. The van der Waals surface area contributed by atoms with Gasteiger partial charge in [0.05, 0.1) is 4.90 Å². The van der Waals surface area contributed by atoms with Gasteiger partial charge in [0.2, 0.25) is 10.0 Å². The summed E-state index contributed by atoms with van der Waals surface area (Å²) >= 11 is 0. The van der Waals surface area contributed by atoms with Gasteiger partial charge in [0.25, 0.3) is 0 Å². The van der Waals surface area contributed by atoms with Gasteiger partial charge in [-0.05, 0) is 56.7 Å². The second kappa shape index (κ2) is 5.37. The lowest BCUT2D eigenvalue weighted by atomic mass is 9.95. The zero-order valence-corrected chi connectivity index (χ0v) is 13.5. The first kappa shape index (κ1) is 15.3. The fraction of sp³-hybridized carbons (Fsp3) is 0.600. The highest BCUT2D eigenvalue weighted by Crippen LogP contribution is 2.32. The zero-order chi connectivity index (χ0) is 15.1. The molecule has 112 valence electrons. The van der Waals surface area contributed by atoms with Crippen molar-refractivity contribution in [3.8, 4) is 0 Å². The van der Waals surface area contributed by atoms with Gasteiger partial charge in [0, 0.05) is 18.3 Å². The Balaban J connectivity index is 2.49. The van der Waals surface area contributed by atoms with Crippen LogP contribution in [0, 0.1) is 19.8 Å². The molecule has 5 heteroatoms. The van der Waals surface area contributed by atoms with Gasteiger partial charge in [-0.15, -0.1) is 0 Å². The molecular formula is C15H24N2O2S. The van der Waals surface area contributed by atoms with Gasteiger partial charge in [-0.3, -0.25) is 0 Å². The smallest absolute Gasteiger partial charge is 0.243 e. The summed E-state index contributed by atoms with van der Waals surface area (Å²) in [5.41, 5.74) is 7.85. The lowest BCUT2D eigenvalue weighted by molar-refractivity contribution is 0.220. The number of sulfonamides is 1. The molecule has 0 amide bonds. The van der Waals surface area contributed by atoms with E-state index in [1.54, 1.807) is 23.4 Å². The standard InChI is InChI=1S/C15H24N2O2S/c1-10-7-8-17(12(3)9-10)20(18,19)15-11(2)5-6-14(16)13(15)4/h5-6,10,12H,7-9,16H2,1-4H3. The number of nitrogens with zero attached hydrogens (tertiary/aromatic N) is 1. The van der Waals surface area contributed by atoms with Crippen LogP contribution in [0.3, 0.4) is 0 Å². The van der Waals surface area contributed by atoms with Gasteiger partial charge in [-0.25, -0.2) is 8.42 Å². The number of rotatable bonds is 2. The van der Waals surface area contributed by atoms with E-state index < -0.39 is 10.0 Å². The normalized spacial score (nSPS) is 24.8. The third-order valence-electron chi connectivity index (χ3n) is 4.29. The van der Waals surface area contributed by atoms with Crippen molar-refractivity contribution in [1.82, 2.24) is 4.31 Å². The number of aryl methyl sites for hydroxylation is 1. The van der Waals surface area contributed by atoms with E-state index in [0.29, 0.717) is 28.6 Å². The lowest BCUT2D eigenvalue weighted by Crippen LogP contribution is -2.44. The zero-order valence-electron chi connectivity index (χ0n) is 12.7. The van der Waals surface area contributed by atoms with Crippen molar-refractivity contribution in [3.63, 3.8) is 0 Å². The topological polar surface area (TPSA) is 63.4 Å². The fourth-order valence-electron chi connectivity index (χ4n) is 3.10. The van der Waals surface area contributed by atoms with Crippen molar-refractivity contribution in [2.75, 3.05) is 12.3 Å². The van der Waals surface area contributed by atoms with Crippen molar-refractivity contribution in [2.24, 2.45) is 5.92 Å². The minimum absolute atomic E-state index is 0.0454. The van der Waals surface area contributed by atoms with E-state index in [0.717, 1.165) is 18.4 Å². The summed E-state index contributed by atoms with van der Waals surface area (Å²) < 4.78 is 27.6. The Morgan fingerprint density at radius 3 is 2.50 bits per heavy atom. The second-order valence-corrected chi connectivity index (χ2v) is 7.85. The highest BCUT2D eigenvalue weighted by molar-refractivity contribution is 7.89. The maximum atomic E-state index is 13.0. The highest BCUT2D eigenvalue weighted by Gasteiger charge is 2.35. The van der Waals surface area contributed by atoms with Crippen molar-refractivity contribution >= 4 is 15.7 Å². The maximum Gasteiger partial charge on any atom is 0.243 e. The van der Waals surface area contributed by atoms with Crippen LogP contribution in [0.15, 0.2) is 17.0 Å². The fourth-order valence-corrected chi connectivity index (χ4v) is 5.22. The Hall–Kier alpha value is -1.07. The quantitative estimate of drug-likeness (QED) is 0.853. The number of piperidine rings is 1. The predicted molar refractivity (Wildman–Crippen MR) is 82.1 cm³/mol. The largest absolute Gasteiger partial charge is 0.398 e. The van der Waals surface area contributed by atoms with E-state index in [1.165, 1.54) is 0 Å². The summed E-state index contributed by atoms with van der Waals surface area (Å²) in [7, 11) is -3.47. The molecule has 1 aromatic rings. The van der Waals surface area contributed by atoms with E-state index in [9.17, 15) is 8.42 Å². The molecule has 4 nitrogen and oxygen atoms in total. The molecule has 1 saturated heterocycles. The third kappa shape index (κ3) is 2.56. The molecular weight excluding hydrogens is 272 g/mol. The highest BCUT2D eigenvalue weighted by atomic mass is 32.2. The summed E-state index contributed by atoms with van der Waals surface area (Å²) in [6.45, 7) is 8.38. The van der Waals surface area contributed by atoms with Crippen LogP contribution in [-0.4, -0.2) is 25.3 Å². The van der Waals surface area contributed by atoms with Crippen molar-refractivity contribution in [1.29, 1.82) is 0 Å². The molecule has 0 radical (unpaired) electrons. The van der Waals surface area contributed by atoms with Crippen LogP contribution in [0.2, 0.25) is 0 Å². The molecule has 0 aliphatic carbocycles. The number of hydrogen-bond donors (Lipinski definition) is 1. The van der Waals surface area contributed by atoms with Crippen molar-refractivity contribution in [2.45, 2.75) is 51.5 Å². The van der Waals surface area contributed by atoms with Gasteiger partial charge in [-0.2, -0.15) is 4.31 Å². The maximum absolute atomic E-state index is 13.0. The Bertz CT molecular complexity index is 611. The first-order valence-electron chi connectivity index (χ1n) is 7.12. The van der Waals surface area contributed by atoms with Gasteiger partial charge in [0.1, 0.15) is 0 Å². The molecule has 2 atom stereocenters.